The Morgan fingerprint density at radius 1 is 1.10 bits per heavy atom. The molecule has 2 aliphatic heterocycles. The SMILES string of the molecule is O=c1ccn2c(c1O)C(=NO)CCN2C1c2ccccc2SCc2c1ccc(F)c2F. The molecule has 1 atom stereocenters. The highest BCUT2D eigenvalue weighted by Gasteiger charge is 2.35. The Morgan fingerprint density at radius 3 is 2.71 bits per heavy atom. The summed E-state index contributed by atoms with van der Waals surface area (Å²) in [5, 5.41) is 25.0. The first kappa shape index (κ1) is 19.6. The number of nitrogens with zero attached hydrogens (tertiary/aromatic N) is 3. The number of aromatic nitrogens is 1. The number of thioether (sulfide) groups is 1. The third-order valence-corrected chi connectivity index (χ3v) is 6.83. The van der Waals surface area contributed by atoms with E-state index in [0.717, 1.165) is 16.5 Å². The lowest BCUT2D eigenvalue weighted by atomic mass is 9.93. The van der Waals surface area contributed by atoms with Gasteiger partial charge < -0.3 is 15.3 Å². The van der Waals surface area contributed by atoms with Crippen LogP contribution in [0.4, 0.5) is 8.78 Å². The van der Waals surface area contributed by atoms with Crippen LogP contribution in [-0.4, -0.2) is 27.2 Å². The fourth-order valence-electron chi connectivity index (χ4n) is 4.28. The first-order chi connectivity index (χ1) is 15.0. The van der Waals surface area contributed by atoms with Gasteiger partial charge in [-0.3, -0.25) is 9.47 Å². The van der Waals surface area contributed by atoms with E-state index in [1.54, 1.807) is 10.7 Å². The minimum atomic E-state index is -0.904. The number of hydrogen-bond donors (Lipinski definition) is 2. The molecule has 31 heavy (non-hydrogen) atoms. The lowest BCUT2D eigenvalue weighted by Gasteiger charge is -2.40. The number of aromatic hydroxyl groups is 1. The zero-order valence-electron chi connectivity index (χ0n) is 16.1. The molecule has 5 rings (SSSR count). The molecule has 3 aromatic rings. The van der Waals surface area contributed by atoms with Crippen LogP contribution in [0, 0.1) is 11.6 Å². The molecule has 2 aliphatic rings. The molecule has 0 saturated heterocycles. The van der Waals surface area contributed by atoms with Gasteiger partial charge in [-0.25, -0.2) is 8.78 Å². The Balaban J connectivity index is 1.79. The Bertz CT molecular complexity index is 1290. The van der Waals surface area contributed by atoms with Crippen molar-refractivity contribution in [1.82, 2.24) is 4.68 Å². The second-order valence-corrected chi connectivity index (χ2v) is 8.36. The van der Waals surface area contributed by atoms with Gasteiger partial charge in [-0.15, -0.1) is 11.8 Å². The van der Waals surface area contributed by atoms with Gasteiger partial charge >= 0.3 is 0 Å². The standard InChI is InChI=1S/C22H17F2N3O3S/c23-15-6-5-12-14(19(15)24)11-31-18-4-2-1-3-13(18)20(12)26-9-7-16(25-30)21-22(29)17(28)8-10-27(21)26/h1-6,8,10,20,29-30H,7,9,11H2. The monoisotopic (exact) mass is 441 g/mol. The number of benzene rings is 2. The molecule has 158 valence electrons. The molecule has 2 N–H and O–H groups in total. The predicted molar refractivity (Wildman–Crippen MR) is 113 cm³/mol. The Kier molecular flexibility index (Phi) is 4.70. The largest absolute Gasteiger partial charge is 0.503 e. The Morgan fingerprint density at radius 2 is 1.90 bits per heavy atom. The molecule has 0 fully saturated rings. The molecule has 1 unspecified atom stereocenters. The quantitative estimate of drug-likeness (QED) is 0.444. The van der Waals surface area contributed by atoms with E-state index < -0.39 is 28.9 Å². The number of oxime groups is 1. The molecule has 3 heterocycles. The zero-order chi connectivity index (χ0) is 21.7. The molecule has 0 spiro atoms. The number of pyridine rings is 1. The molecule has 0 radical (unpaired) electrons. The fourth-order valence-corrected chi connectivity index (χ4v) is 5.40. The topological polar surface area (TPSA) is 78.1 Å². The van der Waals surface area contributed by atoms with Crippen molar-refractivity contribution >= 4 is 17.5 Å². The van der Waals surface area contributed by atoms with Gasteiger partial charge in [0.25, 0.3) is 0 Å². The molecule has 6 nitrogen and oxygen atoms in total. The van der Waals surface area contributed by atoms with Crippen LogP contribution >= 0.6 is 11.8 Å². The summed E-state index contributed by atoms with van der Waals surface area (Å²) in [6.07, 6.45) is 1.74. The van der Waals surface area contributed by atoms with Crippen molar-refractivity contribution < 1.29 is 19.1 Å². The van der Waals surface area contributed by atoms with Gasteiger partial charge in [0, 0.05) is 41.4 Å². The van der Waals surface area contributed by atoms with Crippen molar-refractivity contribution in [3.05, 3.63) is 92.9 Å². The first-order valence-electron chi connectivity index (χ1n) is 9.62. The molecule has 0 saturated carbocycles. The van der Waals surface area contributed by atoms with Gasteiger partial charge in [0.15, 0.2) is 17.4 Å². The second-order valence-electron chi connectivity index (χ2n) is 7.34. The zero-order valence-corrected chi connectivity index (χ0v) is 16.9. The van der Waals surface area contributed by atoms with E-state index in [4.69, 9.17) is 0 Å². The predicted octanol–water partition coefficient (Wildman–Crippen LogP) is 3.75. The number of rotatable bonds is 1. The summed E-state index contributed by atoms with van der Waals surface area (Å²) in [4.78, 5) is 13.0. The summed E-state index contributed by atoms with van der Waals surface area (Å²) in [7, 11) is 0. The highest BCUT2D eigenvalue weighted by atomic mass is 32.2. The second kappa shape index (κ2) is 7.42. The van der Waals surface area contributed by atoms with Crippen molar-refractivity contribution in [3.63, 3.8) is 0 Å². The van der Waals surface area contributed by atoms with Crippen LogP contribution in [0.15, 0.2) is 63.5 Å². The Hall–Kier alpha value is -3.33. The first-order valence-corrected chi connectivity index (χ1v) is 10.6. The summed E-state index contributed by atoms with van der Waals surface area (Å²) in [5.74, 6) is -2.03. The summed E-state index contributed by atoms with van der Waals surface area (Å²) < 4.78 is 30.4. The lowest BCUT2D eigenvalue weighted by Crippen LogP contribution is -2.47. The average Bonchev–Trinajstić information content (AvgIpc) is 2.95. The Labute approximate surface area is 180 Å². The van der Waals surface area contributed by atoms with Crippen LogP contribution < -0.4 is 10.4 Å². The van der Waals surface area contributed by atoms with E-state index in [2.05, 4.69) is 5.16 Å². The normalized spacial score (nSPS) is 18.8. The number of hydrogen-bond acceptors (Lipinski definition) is 6. The maximum Gasteiger partial charge on any atom is 0.224 e. The average molecular weight is 441 g/mol. The molecule has 2 aromatic carbocycles. The molecule has 0 aliphatic carbocycles. The van der Waals surface area contributed by atoms with E-state index in [0.29, 0.717) is 12.1 Å². The third-order valence-electron chi connectivity index (χ3n) is 5.71. The lowest BCUT2D eigenvalue weighted by molar-refractivity contribution is 0.315. The van der Waals surface area contributed by atoms with Gasteiger partial charge in [-0.1, -0.05) is 29.4 Å². The van der Waals surface area contributed by atoms with E-state index >= 15 is 0 Å². The van der Waals surface area contributed by atoms with Crippen LogP contribution in [0.25, 0.3) is 0 Å². The summed E-state index contributed by atoms with van der Waals surface area (Å²) in [6.45, 7) is 0.358. The van der Waals surface area contributed by atoms with Gasteiger partial charge in [0.1, 0.15) is 11.4 Å². The van der Waals surface area contributed by atoms with E-state index in [1.165, 1.54) is 24.0 Å². The molecule has 1 aromatic heterocycles. The van der Waals surface area contributed by atoms with Crippen molar-refractivity contribution in [2.24, 2.45) is 5.16 Å². The van der Waals surface area contributed by atoms with Crippen LogP contribution in [0.5, 0.6) is 5.75 Å². The molecular weight excluding hydrogens is 424 g/mol. The highest BCUT2D eigenvalue weighted by molar-refractivity contribution is 7.98. The van der Waals surface area contributed by atoms with Gasteiger partial charge in [-0.2, -0.15) is 0 Å². The van der Waals surface area contributed by atoms with E-state index in [9.17, 15) is 23.9 Å². The maximum absolute atomic E-state index is 14.8. The maximum atomic E-state index is 14.8. The molecule has 0 bridgehead atoms. The number of fused-ring (bicyclic) bond motifs is 3. The van der Waals surface area contributed by atoms with Crippen molar-refractivity contribution in [3.8, 4) is 5.75 Å². The van der Waals surface area contributed by atoms with Crippen molar-refractivity contribution in [2.75, 3.05) is 11.6 Å². The van der Waals surface area contributed by atoms with Crippen molar-refractivity contribution in [1.29, 1.82) is 0 Å². The molecular formula is C22H17F2N3O3S. The summed E-state index contributed by atoms with van der Waals surface area (Å²) in [6, 6.07) is 11.0. The molecule has 9 heteroatoms. The third kappa shape index (κ3) is 2.99. The van der Waals surface area contributed by atoms with E-state index in [1.807, 2.05) is 29.3 Å². The summed E-state index contributed by atoms with van der Waals surface area (Å²) >= 11 is 1.43. The van der Waals surface area contributed by atoms with E-state index in [-0.39, 0.29) is 29.1 Å². The van der Waals surface area contributed by atoms with Crippen LogP contribution in [-0.2, 0) is 5.75 Å². The van der Waals surface area contributed by atoms with Crippen molar-refractivity contribution in [2.45, 2.75) is 23.1 Å². The van der Waals surface area contributed by atoms with Gasteiger partial charge in [0.05, 0.1) is 6.04 Å². The van der Waals surface area contributed by atoms with Gasteiger partial charge in [-0.05, 0) is 23.3 Å². The highest BCUT2D eigenvalue weighted by Crippen LogP contribution is 2.43. The number of halogens is 2. The minimum absolute atomic E-state index is 0.0831. The minimum Gasteiger partial charge on any atom is -0.503 e. The smallest absolute Gasteiger partial charge is 0.224 e. The van der Waals surface area contributed by atoms with Crippen LogP contribution in [0.1, 0.15) is 34.8 Å². The summed E-state index contributed by atoms with van der Waals surface area (Å²) in [5.41, 5.74) is 1.43. The van der Waals surface area contributed by atoms with Crippen LogP contribution in [0.3, 0.4) is 0 Å². The van der Waals surface area contributed by atoms with Crippen LogP contribution in [0.2, 0.25) is 0 Å². The fraction of sp³-hybridized carbons (Fsp3) is 0.182. The van der Waals surface area contributed by atoms with Gasteiger partial charge in [0.2, 0.25) is 5.43 Å². The molecule has 0 amide bonds.